The fraction of sp³-hybridized carbons (Fsp3) is 0.697. The second-order valence-corrected chi connectivity index (χ2v) is 28.7. The number of unbranched alkanes of at least 4 members (excludes halogenated alkanes) is 2. The molecule has 0 aliphatic carbocycles. The summed E-state index contributed by atoms with van der Waals surface area (Å²) in [6.07, 6.45) is 2.55. The third kappa shape index (κ3) is 36.7. The minimum atomic E-state index is -1.86. The normalized spacial score (nSPS) is 21.6. The summed E-state index contributed by atoms with van der Waals surface area (Å²) in [4.78, 5) is 213. The topological polar surface area (TPSA) is 609 Å². The number of carbonyl (C=O) groups is 15. The number of amides is 15. The number of rotatable bonds is 46. The van der Waals surface area contributed by atoms with Gasteiger partial charge in [0.2, 0.25) is 88.6 Å². The molecule has 0 aromatic heterocycles. The van der Waals surface area contributed by atoms with Crippen molar-refractivity contribution in [3.05, 3.63) is 35.9 Å². The number of aliphatic hydroxyl groups is 2. The summed E-state index contributed by atoms with van der Waals surface area (Å²) in [5.41, 5.74) is 24.2. The van der Waals surface area contributed by atoms with Crippen molar-refractivity contribution in [3.63, 3.8) is 0 Å². The predicted molar refractivity (Wildman–Crippen MR) is 423 cm³/mol. The molecular weight excluding hydrogens is 1510 g/mol. The van der Waals surface area contributed by atoms with Crippen LogP contribution in [-0.4, -0.2) is 295 Å². The lowest BCUT2D eigenvalue weighted by molar-refractivity contribution is -0.137. The van der Waals surface area contributed by atoms with Crippen LogP contribution in [0.4, 0.5) is 0 Å². The van der Waals surface area contributed by atoms with Gasteiger partial charge in [0, 0.05) is 33.1 Å². The molecule has 3 rings (SSSR count). The standard InChI is InChI=1S/C76H127N19O21/c1-9-12-19-51(66(102)81-8)85-64(100)49-43-95(61(99)26-33-114-35-37-116-39-38-115-36-34-113-32-11-3)44-50(49)65(101)86-52(20-13-10-2)67(103)88-55(23-29-79)72(108)94-63(47(7)97)76(112)83-42-60(98)84-57-25-31-82-75(111)62(46(6)96)93-71(107)56(24-30-80)89-68(104)53(21-27-77)90-73(109)58(40-45(4)5)91-74(110)59(41-48-17-15-14-16-18-48)92-69(105)54(22-28-78)87-70(57)106/h3,14-18,45-47,49-59,62-63,96-97H,9-10,12-13,19-44,77-80H2,1-2,4-8H3,(H,81,102)(H,82,111)(H,83,112)(H,84,98)(H,85,100)(H,86,101)(H,87,106)(H,88,103)(H,89,104)(H,90,109)(H,91,110)(H,92,105)(H,93,107)(H,94,108)/t46-,47-,49-,50-,51+,52+,53+,54+,55+,56+,57+,58+,59-,62+,63+/m1/s1. The molecule has 116 heavy (non-hydrogen) atoms. The van der Waals surface area contributed by atoms with E-state index < -0.39 is 199 Å². The number of terminal acetylenes is 1. The van der Waals surface area contributed by atoms with Crippen LogP contribution in [0.5, 0.6) is 0 Å². The van der Waals surface area contributed by atoms with Gasteiger partial charge in [-0.05, 0) is 103 Å². The van der Waals surface area contributed by atoms with Crippen LogP contribution in [0.25, 0.3) is 0 Å². The SMILES string of the molecule is C#CCOCCOCCOCCOCCC(=O)N1C[C@@H](C(=O)N[C@@H](CCCC)C(=O)NC)[C@H](C(=O)N[C@@H](CCCC)C(=O)N[C@@H](CCN)C(=O)N[C@H](C(=O)NCC(=O)N[C@H]2CCNC(=O)[C@H]([C@@H](C)O)NC(=O)[C@H](CCN)NC(=O)[C@H](CCN)NC(=O)[C@H](CC(C)C)NC(=O)[C@@H](Cc3ccccc3)NC(=O)[C@H](CCN)NC2=O)[C@@H](C)O)C1. The first kappa shape index (κ1) is 101. The van der Waals surface area contributed by atoms with Crippen molar-refractivity contribution < 1.29 is 101 Å². The first-order chi connectivity index (χ1) is 55.4. The third-order valence-corrected chi connectivity index (χ3v) is 18.9. The Hall–Kier alpha value is -9.57. The van der Waals surface area contributed by atoms with Crippen molar-refractivity contribution in [2.45, 2.75) is 210 Å². The molecule has 1 aromatic carbocycles. The van der Waals surface area contributed by atoms with Crippen molar-refractivity contribution in [2.24, 2.45) is 40.7 Å². The number of aliphatic hydroxyl groups excluding tert-OH is 2. The van der Waals surface area contributed by atoms with Gasteiger partial charge in [-0.1, -0.05) is 89.6 Å². The maximum Gasteiger partial charge on any atom is 0.245 e. The lowest BCUT2D eigenvalue weighted by Gasteiger charge is -2.28. The average molecular weight is 1640 g/mol. The summed E-state index contributed by atoms with van der Waals surface area (Å²) in [5.74, 6) is -13.6. The van der Waals surface area contributed by atoms with Crippen LogP contribution in [-0.2, 0) is 97.3 Å². The molecule has 40 nitrogen and oxygen atoms in total. The molecule has 2 saturated heterocycles. The maximum atomic E-state index is 14.6. The van der Waals surface area contributed by atoms with E-state index in [4.69, 9.17) is 48.3 Å². The van der Waals surface area contributed by atoms with Crippen LogP contribution in [0.3, 0.4) is 0 Å². The van der Waals surface area contributed by atoms with Gasteiger partial charge in [0.25, 0.3) is 0 Å². The zero-order valence-electron chi connectivity index (χ0n) is 67.8. The second-order valence-electron chi connectivity index (χ2n) is 28.7. The van der Waals surface area contributed by atoms with E-state index in [-0.39, 0.29) is 136 Å². The lowest BCUT2D eigenvalue weighted by Crippen LogP contribution is -2.61. The number of nitrogens with zero attached hydrogens (tertiary/aromatic N) is 1. The molecule has 0 radical (unpaired) electrons. The van der Waals surface area contributed by atoms with Crippen LogP contribution < -0.4 is 97.4 Å². The van der Waals surface area contributed by atoms with E-state index in [1.54, 1.807) is 44.2 Å². The molecule has 652 valence electrons. The second kappa shape index (κ2) is 55.9. The summed E-state index contributed by atoms with van der Waals surface area (Å²) < 4.78 is 21.7. The summed E-state index contributed by atoms with van der Waals surface area (Å²) in [5, 5.41) is 57.4. The van der Waals surface area contributed by atoms with Gasteiger partial charge in [0.05, 0.1) is 83.3 Å². The van der Waals surface area contributed by atoms with Crippen molar-refractivity contribution in [1.82, 2.24) is 79.3 Å². The first-order valence-electron chi connectivity index (χ1n) is 39.7. The fourth-order valence-electron chi connectivity index (χ4n) is 12.4. The molecule has 15 amide bonds. The molecule has 0 bridgehead atoms. The molecule has 2 aliphatic rings. The predicted octanol–water partition coefficient (Wildman–Crippen LogP) is -7.31. The van der Waals surface area contributed by atoms with Gasteiger partial charge >= 0.3 is 0 Å². The monoisotopic (exact) mass is 1640 g/mol. The minimum Gasteiger partial charge on any atom is -0.391 e. The summed E-state index contributed by atoms with van der Waals surface area (Å²) in [6.45, 7) is 8.50. The molecule has 40 heteroatoms. The summed E-state index contributed by atoms with van der Waals surface area (Å²) in [7, 11) is 1.41. The van der Waals surface area contributed by atoms with Crippen molar-refractivity contribution >= 4 is 88.6 Å². The molecule has 0 spiro atoms. The highest BCUT2D eigenvalue weighted by Crippen LogP contribution is 2.26. The van der Waals surface area contributed by atoms with E-state index in [9.17, 15) is 82.1 Å². The number of nitrogens with two attached hydrogens (primary N) is 4. The van der Waals surface area contributed by atoms with Gasteiger partial charge in [0.1, 0.15) is 73.1 Å². The quantitative estimate of drug-likeness (QED) is 0.0213. The Labute approximate surface area is 677 Å². The van der Waals surface area contributed by atoms with E-state index in [1.165, 1.54) is 18.9 Å². The van der Waals surface area contributed by atoms with Gasteiger partial charge in [-0.2, -0.15) is 0 Å². The maximum absolute atomic E-state index is 14.6. The van der Waals surface area contributed by atoms with E-state index in [1.807, 2.05) is 13.8 Å². The number of benzene rings is 1. The summed E-state index contributed by atoms with van der Waals surface area (Å²) >= 11 is 0. The Balaban J connectivity index is 1.93. The Kier molecular flexibility index (Phi) is 48.5. The van der Waals surface area contributed by atoms with Crippen molar-refractivity contribution in [3.8, 4) is 12.3 Å². The highest BCUT2D eigenvalue weighted by atomic mass is 16.6. The van der Waals surface area contributed by atoms with E-state index >= 15 is 0 Å². The largest absolute Gasteiger partial charge is 0.391 e. The molecule has 1 aromatic rings. The van der Waals surface area contributed by atoms with Gasteiger partial charge in [-0.3, -0.25) is 71.9 Å². The summed E-state index contributed by atoms with van der Waals surface area (Å²) in [6, 6.07) is -7.94. The van der Waals surface area contributed by atoms with E-state index in [0.29, 0.717) is 51.1 Å². The van der Waals surface area contributed by atoms with Crippen molar-refractivity contribution in [2.75, 3.05) is 112 Å². The van der Waals surface area contributed by atoms with Gasteiger partial charge < -0.3 is 131 Å². The molecule has 24 N–H and O–H groups in total. The third-order valence-electron chi connectivity index (χ3n) is 18.9. The molecular formula is C76H127N19O21. The number of likely N-dealkylation sites (N-methyl/N-ethyl adjacent to an activating group) is 1. The van der Waals surface area contributed by atoms with E-state index in [2.05, 4.69) is 80.4 Å². The van der Waals surface area contributed by atoms with Gasteiger partial charge in [0.15, 0.2) is 0 Å². The average Bonchev–Trinajstić information content (AvgIpc) is 1.56. The zero-order chi connectivity index (χ0) is 86.2. The number of hydrogen-bond acceptors (Lipinski definition) is 25. The number of nitrogens with one attached hydrogen (secondary N) is 14. The molecule has 2 fully saturated rings. The smallest absolute Gasteiger partial charge is 0.245 e. The number of carbonyl (C=O) groups excluding carboxylic acids is 15. The minimum absolute atomic E-state index is 0.00215. The van der Waals surface area contributed by atoms with Crippen molar-refractivity contribution in [1.29, 1.82) is 0 Å². The molecule has 2 aliphatic heterocycles. The number of likely N-dealkylation sites (tertiary alicyclic amines) is 1. The van der Waals surface area contributed by atoms with Crippen LogP contribution in [0.15, 0.2) is 30.3 Å². The highest BCUT2D eigenvalue weighted by Gasteiger charge is 2.46. The van der Waals surface area contributed by atoms with Crippen LogP contribution in [0, 0.1) is 30.1 Å². The van der Waals surface area contributed by atoms with Gasteiger partial charge in [-0.25, -0.2) is 0 Å². The number of hydrogen-bond donors (Lipinski definition) is 20. The Morgan fingerprint density at radius 1 is 0.560 bits per heavy atom. The Morgan fingerprint density at radius 3 is 1.52 bits per heavy atom. The first-order valence-corrected chi connectivity index (χ1v) is 39.7. The fourth-order valence-corrected chi connectivity index (χ4v) is 12.4. The molecule has 0 saturated carbocycles. The van der Waals surface area contributed by atoms with Crippen LogP contribution in [0.2, 0.25) is 0 Å². The van der Waals surface area contributed by atoms with Crippen LogP contribution >= 0.6 is 0 Å². The molecule has 0 unspecified atom stereocenters. The Morgan fingerprint density at radius 2 is 1.03 bits per heavy atom. The molecule has 15 atom stereocenters. The highest BCUT2D eigenvalue weighted by molar-refractivity contribution is 6.00. The van der Waals surface area contributed by atoms with Gasteiger partial charge in [-0.15, -0.1) is 6.42 Å². The molecule has 2 heterocycles. The van der Waals surface area contributed by atoms with E-state index in [0.717, 1.165) is 6.92 Å². The zero-order valence-corrected chi connectivity index (χ0v) is 67.8. The Bertz CT molecular complexity index is 3350. The van der Waals surface area contributed by atoms with Crippen LogP contribution in [0.1, 0.15) is 131 Å². The number of ether oxygens (including phenoxy) is 4. The lowest BCUT2D eigenvalue weighted by atomic mass is 9.93.